The molecule has 5 rings (SSSR count). The van der Waals surface area contributed by atoms with Gasteiger partial charge in [-0.25, -0.2) is 8.42 Å². The first-order chi connectivity index (χ1) is 17.2. The number of nitrogens with zero attached hydrogens (tertiary/aromatic N) is 1. The lowest BCUT2D eigenvalue weighted by atomic mass is 9.92. The molecule has 4 aromatic rings. The molecule has 5 nitrogen and oxygen atoms in total. The van der Waals surface area contributed by atoms with Crippen molar-refractivity contribution < 1.29 is 17.9 Å². The molecule has 184 valence electrons. The topological polar surface area (TPSA) is 73.3 Å². The number of hydrogen-bond donors (Lipinski definition) is 0. The van der Waals surface area contributed by atoms with Gasteiger partial charge in [-0.1, -0.05) is 48.5 Å². The Kier molecular flexibility index (Phi) is 6.17. The molecule has 1 atom stereocenters. The lowest BCUT2D eigenvalue weighted by molar-refractivity contribution is -0.143. The Morgan fingerprint density at radius 1 is 0.972 bits per heavy atom. The van der Waals surface area contributed by atoms with Crippen LogP contribution in [0.15, 0.2) is 79.0 Å². The number of carbonyl (C=O) groups is 1. The summed E-state index contributed by atoms with van der Waals surface area (Å²) in [6.07, 6.45) is 5.15. The smallest absolute Gasteiger partial charge is 0.316 e. The van der Waals surface area contributed by atoms with Gasteiger partial charge in [0.1, 0.15) is 9.84 Å². The third-order valence-corrected chi connectivity index (χ3v) is 8.92. The summed E-state index contributed by atoms with van der Waals surface area (Å²) < 4.78 is 29.1. The molecule has 0 saturated heterocycles. The van der Waals surface area contributed by atoms with Crippen LogP contribution >= 0.6 is 0 Å². The van der Waals surface area contributed by atoms with E-state index in [-0.39, 0.29) is 5.97 Å². The first-order valence-corrected chi connectivity index (χ1v) is 14.0. The molecule has 3 aromatic carbocycles. The zero-order chi connectivity index (χ0) is 25.5. The Morgan fingerprint density at radius 2 is 1.69 bits per heavy atom. The van der Waals surface area contributed by atoms with Gasteiger partial charge in [-0.05, 0) is 78.3 Å². The average molecular weight is 500 g/mol. The Balaban J connectivity index is 1.52. The second kappa shape index (κ2) is 9.17. The average Bonchev–Trinajstić information content (AvgIpc) is 3.69. The van der Waals surface area contributed by atoms with Crippen molar-refractivity contribution >= 4 is 26.7 Å². The van der Waals surface area contributed by atoms with Crippen LogP contribution < -0.4 is 0 Å². The quantitative estimate of drug-likeness (QED) is 0.303. The fraction of sp³-hybridized carbons (Fsp3) is 0.267. The highest BCUT2D eigenvalue weighted by Crippen LogP contribution is 2.49. The third kappa shape index (κ3) is 4.53. The van der Waals surface area contributed by atoms with Crippen LogP contribution in [0, 0.1) is 0 Å². The number of methoxy groups -OCH3 is 1. The molecule has 0 bridgehead atoms. The first-order valence-electron chi connectivity index (χ1n) is 12.1. The molecule has 0 radical (unpaired) electrons. The van der Waals surface area contributed by atoms with Crippen molar-refractivity contribution in [1.29, 1.82) is 0 Å². The molecule has 1 saturated carbocycles. The van der Waals surface area contributed by atoms with Crippen molar-refractivity contribution in [2.45, 2.75) is 36.9 Å². The highest BCUT2D eigenvalue weighted by Gasteiger charge is 2.52. The number of aromatic nitrogens is 1. The van der Waals surface area contributed by atoms with Gasteiger partial charge in [-0.2, -0.15) is 0 Å². The molecule has 0 aliphatic heterocycles. The minimum atomic E-state index is -3.14. The normalized spacial score (nSPS) is 15.4. The van der Waals surface area contributed by atoms with E-state index in [9.17, 15) is 13.2 Å². The molecule has 1 aliphatic rings. The summed E-state index contributed by atoms with van der Waals surface area (Å²) in [5.74, 6) is -0.165. The Hall–Kier alpha value is -3.51. The summed E-state index contributed by atoms with van der Waals surface area (Å²) in [7, 11) is -1.69. The standard InChI is InChI=1S/C30H29NO4S/c1-20(36(3,33)34)16-21-17-25-8-5-15-31-28(25)27(18-21)24-7-4-6-23(19-24)22-9-11-26(12-10-22)30(13-14-30)29(32)35-2/h4-12,15,17-20H,13-14,16H2,1-3H3. The predicted molar refractivity (Wildman–Crippen MR) is 144 cm³/mol. The Bertz CT molecular complexity index is 1550. The lowest BCUT2D eigenvalue weighted by Gasteiger charge is -2.15. The van der Waals surface area contributed by atoms with E-state index in [4.69, 9.17) is 4.74 Å². The number of carbonyl (C=O) groups excluding carboxylic acids is 1. The molecular formula is C30H29NO4S. The maximum Gasteiger partial charge on any atom is 0.316 e. The zero-order valence-electron chi connectivity index (χ0n) is 20.7. The molecule has 1 aliphatic carbocycles. The molecule has 0 N–H and O–H groups in total. The van der Waals surface area contributed by atoms with Gasteiger partial charge >= 0.3 is 5.97 Å². The maximum absolute atomic E-state index is 12.2. The van der Waals surface area contributed by atoms with Gasteiger partial charge in [0.2, 0.25) is 0 Å². The van der Waals surface area contributed by atoms with E-state index >= 15 is 0 Å². The molecular weight excluding hydrogens is 470 g/mol. The monoisotopic (exact) mass is 499 g/mol. The van der Waals surface area contributed by atoms with Crippen LogP contribution in [0.25, 0.3) is 33.2 Å². The molecule has 1 fully saturated rings. The van der Waals surface area contributed by atoms with E-state index < -0.39 is 20.5 Å². The minimum Gasteiger partial charge on any atom is -0.468 e. The number of benzene rings is 3. The van der Waals surface area contributed by atoms with Crippen LogP contribution in [-0.4, -0.2) is 38.0 Å². The largest absolute Gasteiger partial charge is 0.468 e. The number of hydrogen-bond acceptors (Lipinski definition) is 5. The fourth-order valence-corrected chi connectivity index (χ4v) is 5.35. The van der Waals surface area contributed by atoms with Crippen molar-refractivity contribution in [2.75, 3.05) is 13.4 Å². The van der Waals surface area contributed by atoms with E-state index in [1.807, 2.05) is 36.4 Å². The SMILES string of the molecule is COC(=O)C1(c2ccc(-c3cccc(-c4cc(CC(C)S(C)(=O)=O)cc5cccnc45)c3)cc2)CC1. The molecule has 1 heterocycles. The third-order valence-electron chi connectivity index (χ3n) is 7.29. The second-order valence-electron chi connectivity index (χ2n) is 9.79. The second-order valence-corrected chi connectivity index (χ2v) is 12.3. The molecule has 1 aromatic heterocycles. The van der Waals surface area contributed by atoms with Crippen LogP contribution in [-0.2, 0) is 31.2 Å². The van der Waals surface area contributed by atoms with E-state index in [1.165, 1.54) is 13.4 Å². The fourth-order valence-electron chi connectivity index (χ4n) is 4.85. The number of fused-ring (bicyclic) bond motifs is 1. The van der Waals surface area contributed by atoms with Gasteiger partial charge in [-0.15, -0.1) is 0 Å². The highest BCUT2D eigenvalue weighted by atomic mass is 32.2. The molecule has 6 heteroatoms. The number of rotatable bonds is 7. The number of pyridine rings is 1. The Morgan fingerprint density at radius 3 is 2.36 bits per heavy atom. The first kappa shape index (κ1) is 24.2. The summed E-state index contributed by atoms with van der Waals surface area (Å²) in [5, 5.41) is 0.516. The molecule has 1 unspecified atom stereocenters. The summed E-state index contributed by atoms with van der Waals surface area (Å²) in [5.41, 5.74) is 6.47. The van der Waals surface area contributed by atoms with Gasteiger partial charge < -0.3 is 4.74 Å². The van der Waals surface area contributed by atoms with Crippen molar-refractivity contribution in [3.63, 3.8) is 0 Å². The van der Waals surface area contributed by atoms with Crippen molar-refractivity contribution in [1.82, 2.24) is 4.98 Å². The van der Waals surface area contributed by atoms with Crippen molar-refractivity contribution in [2.24, 2.45) is 0 Å². The van der Waals surface area contributed by atoms with Crippen LogP contribution in [0.1, 0.15) is 30.9 Å². The van der Waals surface area contributed by atoms with Gasteiger partial charge in [0.15, 0.2) is 0 Å². The molecule has 36 heavy (non-hydrogen) atoms. The maximum atomic E-state index is 12.2. The predicted octanol–water partition coefficient (Wildman–Crippen LogP) is 5.75. The summed E-state index contributed by atoms with van der Waals surface area (Å²) in [6, 6.07) is 24.4. The molecule has 0 spiro atoms. The lowest BCUT2D eigenvalue weighted by Crippen LogP contribution is -2.21. The van der Waals surface area contributed by atoms with E-state index in [2.05, 4.69) is 41.4 Å². The zero-order valence-corrected chi connectivity index (χ0v) is 21.5. The van der Waals surface area contributed by atoms with Gasteiger partial charge in [0.25, 0.3) is 0 Å². The highest BCUT2D eigenvalue weighted by molar-refractivity contribution is 7.91. The van der Waals surface area contributed by atoms with Gasteiger partial charge in [0.05, 0.1) is 23.3 Å². The Labute approximate surface area is 212 Å². The summed E-state index contributed by atoms with van der Waals surface area (Å²) in [4.78, 5) is 16.9. The van der Waals surface area contributed by atoms with Crippen LogP contribution in [0.2, 0.25) is 0 Å². The number of ether oxygens (including phenoxy) is 1. The van der Waals surface area contributed by atoms with Crippen LogP contribution in [0.3, 0.4) is 0 Å². The van der Waals surface area contributed by atoms with Gasteiger partial charge in [-0.3, -0.25) is 9.78 Å². The number of esters is 1. The number of sulfone groups is 1. The van der Waals surface area contributed by atoms with E-state index in [0.717, 1.165) is 57.1 Å². The van der Waals surface area contributed by atoms with Crippen molar-refractivity contribution in [3.05, 3.63) is 90.1 Å². The minimum absolute atomic E-state index is 0.165. The molecule has 0 amide bonds. The van der Waals surface area contributed by atoms with Crippen LogP contribution in [0.4, 0.5) is 0 Å². The van der Waals surface area contributed by atoms with Crippen LogP contribution in [0.5, 0.6) is 0 Å². The van der Waals surface area contributed by atoms with Gasteiger partial charge in [0, 0.05) is 23.4 Å². The van der Waals surface area contributed by atoms with E-state index in [0.29, 0.717) is 6.42 Å². The summed E-state index contributed by atoms with van der Waals surface area (Å²) >= 11 is 0. The van der Waals surface area contributed by atoms with Crippen molar-refractivity contribution in [3.8, 4) is 22.3 Å². The van der Waals surface area contributed by atoms with E-state index in [1.54, 1.807) is 13.1 Å². The summed E-state index contributed by atoms with van der Waals surface area (Å²) in [6.45, 7) is 1.75.